The van der Waals surface area contributed by atoms with Crippen molar-refractivity contribution in [2.75, 3.05) is 14.1 Å². The summed E-state index contributed by atoms with van der Waals surface area (Å²) >= 11 is 0. The van der Waals surface area contributed by atoms with Crippen molar-refractivity contribution in [3.63, 3.8) is 0 Å². The minimum atomic E-state index is -3.50. The van der Waals surface area contributed by atoms with E-state index in [-0.39, 0.29) is 21.7 Å². The number of carbonyl (C=O) groups excluding carboxylic acids is 3. The molecule has 0 aliphatic heterocycles. The molecule has 14 nitrogen and oxygen atoms in total. The second-order valence-electron chi connectivity index (χ2n) is 10.6. The van der Waals surface area contributed by atoms with Crippen LogP contribution in [0.4, 0.5) is 0 Å². The number of aromatic hydroxyl groups is 1. The molecular formula is C28H33N3O11S. The van der Waals surface area contributed by atoms with Gasteiger partial charge in [0.2, 0.25) is 15.8 Å². The summed E-state index contributed by atoms with van der Waals surface area (Å²) in [7, 11) is -0.583. The summed E-state index contributed by atoms with van der Waals surface area (Å²) < 4.78 is 21.2. The third kappa shape index (κ3) is 5.09. The van der Waals surface area contributed by atoms with Gasteiger partial charge < -0.3 is 36.7 Å². The topological polar surface area (TPSA) is 273 Å². The number of likely N-dealkylation sites (N-methyl/N-ethyl adjacent to an activating group) is 1. The van der Waals surface area contributed by atoms with Crippen LogP contribution < -0.4 is 10.9 Å². The van der Waals surface area contributed by atoms with E-state index in [0.29, 0.717) is 5.56 Å². The van der Waals surface area contributed by atoms with Crippen molar-refractivity contribution in [3.05, 3.63) is 76.6 Å². The van der Waals surface area contributed by atoms with Crippen molar-refractivity contribution in [1.82, 2.24) is 4.90 Å². The molecule has 6 atom stereocenters. The zero-order valence-corrected chi connectivity index (χ0v) is 24.1. The molecule has 43 heavy (non-hydrogen) atoms. The van der Waals surface area contributed by atoms with Gasteiger partial charge in [-0.25, -0.2) is 13.6 Å². The molecule has 0 unspecified atom stereocenters. The Labute approximate surface area is 246 Å². The molecule has 3 aliphatic rings. The largest absolute Gasteiger partial charge is 0.508 e. The smallest absolute Gasteiger partial charge is 0.255 e. The van der Waals surface area contributed by atoms with Crippen molar-refractivity contribution in [1.29, 1.82) is 0 Å². The van der Waals surface area contributed by atoms with Crippen LogP contribution in [0.1, 0.15) is 24.0 Å². The van der Waals surface area contributed by atoms with Crippen LogP contribution in [0.5, 0.6) is 5.75 Å². The number of benzene rings is 2. The van der Waals surface area contributed by atoms with E-state index in [1.807, 2.05) is 0 Å². The summed E-state index contributed by atoms with van der Waals surface area (Å²) in [5, 5.41) is 59.7. The number of sulfonamides is 1. The van der Waals surface area contributed by atoms with Crippen LogP contribution in [-0.4, -0.2) is 93.6 Å². The van der Waals surface area contributed by atoms with Gasteiger partial charge in [0, 0.05) is 11.5 Å². The highest BCUT2D eigenvalue weighted by Crippen LogP contribution is 2.55. The molecule has 5 rings (SSSR count). The van der Waals surface area contributed by atoms with Crippen LogP contribution in [-0.2, 0) is 24.4 Å². The fraction of sp³-hybridized carbons (Fsp3) is 0.321. The highest BCUT2D eigenvalue weighted by Gasteiger charge is 2.68. The van der Waals surface area contributed by atoms with E-state index in [0.717, 1.165) is 0 Å². The number of phenolic OH excluding ortho intramolecular Hbond substituents is 1. The first kappa shape index (κ1) is 33.4. The monoisotopic (exact) mass is 619 g/mol. The van der Waals surface area contributed by atoms with Crippen molar-refractivity contribution >= 4 is 33.3 Å². The predicted molar refractivity (Wildman–Crippen MR) is 152 cm³/mol. The first-order valence-corrected chi connectivity index (χ1v) is 14.2. The molecule has 1 saturated carbocycles. The number of ketones is 2. The lowest BCUT2D eigenvalue weighted by molar-refractivity contribution is -0.169. The lowest BCUT2D eigenvalue weighted by Crippen LogP contribution is -2.70. The SMILES string of the molecule is C[C@H]1c2cccc(O)c2C(O)=C2C(=O)[C@]3(O)C(O)=C(C(N)=O)C(=O)[C@@H](N(C)C)[C@@H]3[C@@H](O)[C@@H]21.NS(=O)(=O)c1ccccc1.O. The molecular weight excluding hydrogens is 586 g/mol. The van der Waals surface area contributed by atoms with Gasteiger partial charge in [-0.05, 0) is 43.8 Å². The Morgan fingerprint density at radius 2 is 1.58 bits per heavy atom. The summed E-state index contributed by atoms with van der Waals surface area (Å²) in [6.45, 7) is 1.68. The molecule has 0 aromatic heterocycles. The quantitative estimate of drug-likeness (QED) is 0.205. The summed E-state index contributed by atoms with van der Waals surface area (Å²) in [5.41, 5.74) is 1.47. The maximum absolute atomic E-state index is 13.7. The Morgan fingerprint density at radius 3 is 2.07 bits per heavy atom. The fourth-order valence-corrected chi connectivity index (χ4v) is 6.72. The minimum absolute atomic E-state index is 0. The molecule has 1 amide bonds. The predicted octanol–water partition coefficient (Wildman–Crippen LogP) is -0.995. The van der Waals surface area contributed by atoms with E-state index in [1.165, 1.54) is 37.2 Å². The summed E-state index contributed by atoms with van der Waals surface area (Å²) in [6.07, 6.45) is -1.59. The number of nitrogens with zero attached hydrogens (tertiary/aromatic N) is 1. The number of Topliss-reactive ketones (excluding diaryl/α,β-unsaturated/α-hetero) is 2. The average molecular weight is 620 g/mol. The number of primary amides is 1. The van der Waals surface area contributed by atoms with Gasteiger partial charge in [-0.2, -0.15) is 0 Å². The van der Waals surface area contributed by atoms with Gasteiger partial charge >= 0.3 is 0 Å². The van der Waals surface area contributed by atoms with Gasteiger partial charge in [-0.15, -0.1) is 0 Å². The minimum Gasteiger partial charge on any atom is -0.508 e. The molecule has 1 fully saturated rings. The lowest BCUT2D eigenvalue weighted by atomic mass is 9.54. The number of aliphatic hydroxyl groups excluding tert-OH is 3. The molecule has 2 aromatic rings. The van der Waals surface area contributed by atoms with Gasteiger partial charge in [-0.3, -0.25) is 19.3 Å². The number of carbonyl (C=O) groups is 3. The van der Waals surface area contributed by atoms with Crippen molar-refractivity contribution in [3.8, 4) is 5.75 Å². The van der Waals surface area contributed by atoms with Crippen molar-refractivity contribution < 1.29 is 53.8 Å². The number of rotatable bonds is 3. The van der Waals surface area contributed by atoms with E-state index in [1.54, 1.807) is 37.3 Å². The fourth-order valence-electron chi connectivity index (χ4n) is 6.19. The molecule has 15 heteroatoms. The number of fused-ring (bicyclic) bond motifs is 3. The lowest BCUT2D eigenvalue weighted by Gasteiger charge is -2.53. The van der Waals surface area contributed by atoms with Crippen LogP contribution in [0, 0.1) is 11.8 Å². The third-order valence-electron chi connectivity index (χ3n) is 8.07. The van der Waals surface area contributed by atoms with Crippen LogP contribution in [0.25, 0.3) is 5.76 Å². The molecule has 11 N–H and O–H groups in total. The van der Waals surface area contributed by atoms with Gasteiger partial charge in [0.05, 0.1) is 28.5 Å². The first-order chi connectivity index (χ1) is 19.5. The Balaban J connectivity index is 0.000000392. The Kier molecular flexibility index (Phi) is 8.94. The highest BCUT2D eigenvalue weighted by molar-refractivity contribution is 7.89. The molecule has 232 valence electrons. The van der Waals surface area contributed by atoms with Gasteiger partial charge in [0.15, 0.2) is 11.4 Å². The van der Waals surface area contributed by atoms with E-state index in [4.69, 9.17) is 10.9 Å². The van der Waals surface area contributed by atoms with E-state index < -0.39 is 85.7 Å². The average Bonchev–Trinajstić information content (AvgIpc) is 2.91. The zero-order chi connectivity index (χ0) is 31.5. The van der Waals surface area contributed by atoms with Crippen LogP contribution in [0.2, 0.25) is 0 Å². The maximum atomic E-state index is 13.7. The summed E-state index contributed by atoms with van der Waals surface area (Å²) in [4.78, 5) is 40.1. The number of hydrogen-bond donors (Lipinski definition) is 7. The Hall–Kier alpha value is -4.12. The Morgan fingerprint density at radius 1 is 1.00 bits per heavy atom. The molecule has 2 aromatic carbocycles. The van der Waals surface area contributed by atoms with Crippen LogP contribution in [0.3, 0.4) is 0 Å². The molecule has 3 aliphatic carbocycles. The molecule has 0 spiro atoms. The van der Waals surface area contributed by atoms with Crippen molar-refractivity contribution in [2.45, 2.75) is 35.5 Å². The molecule has 0 saturated heterocycles. The van der Waals surface area contributed by atoms with E-state index >= 15 is 0 Å². The number of primary sulfonamides is 1. The maximum Gasteiger partial charge on any atom is 0.255 e. The molecule has 0 radical (unpaired) electrons. The van der Waals surface area contributed by atoms with Crippen LogP contribution in [0.15, 0.2) is 70.3 Å². The Bertz CT molecular complexity index is 1650. The second kappa shape index (κ2) is 11.5. The number of aliphatic hydroxyl groups is 4. The standard InChI is InChI=1S/C22H24N2O8.C6H7NO2S.H2O/c1-7-8-5-4-6-9(25)11(8)16(26)12-10(7)17(27)14-15(24(2)3)18(28)13(21(23)31)20(30)22(14,32)19(12)29;7-10(8,9)6-4-2-1-3-5-6;/h4-7,10,14-15,17,25-27,30,32H,1-3H3,(H2,23,31);1-5H,(H2,7,8,9);1H2/t7-,10+,14+,15-,17-,22-;;/m0../s1. The summed E-state index contributed by atoms with van der Waals surface area (Å²) in [5.74, 6) is -8.87. The van der Waals surface area contributed by atoms with Crippen molar-refractivity contribution in [2.24, 2.45) is 22.7 Å². The van der Waals surface area contributed by atoms with Crippen LogP contribution >= 0.6 is 0 Å². The summed E-state index contributed by atoms with van der Waals surface area (Å²) in [6, 6.07) is 11.0. The first-order valence-electron chi connectivity index (χ1n) is 12.7. The normalized spacial score (nSPS) is 28.2. The molecule has 0 heterocycles. The van der Waals surface area contributed by atoms with Gasteiger partial charge in [-0.1, -0.05) is 37.3 Å². The molecule has 0 bridgehead atoms. The van der Waals surface area contributed by atoms with E-state index in [2.05, 4.69) is 0 Å². The zero-order valence-electron chi connectivity index (χ0n) is 23.3. The number of hydrogen-bond acceptors (Lipinski definition) is 11. The third-order valence-corrected chi connectivity index (χ3v) is 8.99. The number of amides is 1. The number of phenols is 1. The second-order valence-corrected chi connectivity index (χ2v) is 12.2. The van der Waals surface area contributed by atoms with Gasteiger partial charge in [0.1, 0.15) is 22.8 Å². The van der Waals surface area contributed by atoms with Gasteiger partial charge in [0.25, 0.3) is 5.91 Å². The highest BCUT2D eigenvalue weighted by atomic mass is 32.2. The number of nitrogens with two attached hydrogens (primary N) is 2. The van der Waals surface area contributed by atoms with E-state index in [9.17, 15) is 48.3 Å².